The fraction of sp³-hybridized carbons (Fsp3) is 1.00. The highest BCUT2D eigenvalue weighted by Crippen LogP contribution is 2.49. The van der Waals surface area contributed by atoms with E-state index in [4.69, 9.17) is 11.6 Å². The van der Waals surface area contributed by atoms with Crippen molar-refractivity contribution in [2.24, 2.45) is 0 Å². The molecule has 0 aromatic carbocycles. The Morgan fingerprint density at radius 1 is 1.40 bits per heavy atom. The summed E-state index contributed by atoms with van der Waals surface area (Å²) in [6.07, 6.45) is 0. The van der Waals surface area contributed by atoms with Gasteiger partial charge in [-0.15, -0.1) is 0 Å². The third-order valence-electron chi connectivity index (χ3n) is 0.722. The van der Waals surface area contributed by atoms with Gasteiger partial charge in [0, 0.05) is 14.2 Å². The van der Waals surface area contributed by atoms with Gasteiger partial charge in [-0.1, -0.05) is 11.6 Å². The van der Waals surface area contributed by atoms with Crippen LogP contribution in [0.4, 0.5) is 0 Å². The van der Waals surface area contributed by atoms with Crippen molar-refractivity contribution in [1.29, 1.82) is 0 Å². The summed E-state index contributed by atoms with van der Waals surface area (Å²) in [7, 11) is -0.918. The standard InChI is InChI=1S/C4H10ClO4P/c1-4(5)9-10(6,7-2)8-3/h4H,1-3H3. The number of phosphoric acid groups is 1. The fourth-order valence-corrected chi connectivity index (χ4v) is 1.31. The maximum Gasteiger partial charge on any atom is 0.475 e. The Morgan fingerprint density at radius 2 is 1.80 bits per heavy atom. The van der Waals surface area contributed by atoms with Gasteiger partial charge in [0.15, 0.2) is 0 Å². The van der Waals surface area contributed by atoms with Gasteiger partial charge in [0.1, 0.15) is 5.56 Å². The van der Waals surface area contributed by atoms with Crippen LogP contribution >= 0.6 is 19.4 Å². The highest BCUT2D eigenvalue weighted by molar-refractivity contribution is 7.48. The SMILES string of the molecule is COP(=O)(OC)OC(C)Cl. The van der Waals surface area contributed by atoms with E-state index in [0.29, 0.717) is 0 Å². The quantitative estimate of drug-likeness (QED) is 0.500. The summed E-state index contributed by atoms with van der Waals surface area (Å²) in [6.45, 7) is 1.52. The van der Waals surface area contributed by atoms with Gasteiger partial charge in [-0.25, -0.2) is 4.57 Å². The molecule has 6 heteroatoms. The van der Waals surface area contributed by atoms with Crippen molar-refractivity contribution < 1.29 is 18.1 Å². The number of halogens is 1. The summed E-state index contributed by atoms with van der Waals surface area (Å²) in [5.74, 6) is 0. The first kappa shape index (κ1) is 10.4. The first-order chi connectivity index (χ1) is 4.54. The van der Waals surface area contributed by atoms with Crippen molar-refractivity contribution in [2.45, 2.75) is 12.5 Å². The molecule has 0 aliphatic rings. The number of hydrogen-bond donors (Lipinski definition) is 0. The second-order valence-electron chi connectivity index (χ2n) is 1.46. The van der Waals surface area contributed by atoms with Gasteiger partial charge in [-0.3, -0.25) is 13.6 Å². The van der Waals surface area contributed by atoms with Gasteiger partial charge in [0.25, 0.3) is 0 Å². The van der Waals surface area contributed by atoms with Gasteiger partial charge in [0.2, 0.25) is 0 Å². The average molecular weight is 189 g/mol. The molecule has 4 nitrogen and oxygen atoms in total. The molecular formula is C4H10ClO4P. The van der Waals surface area contributed by atoms with Crippen molar-refractivity contribution >= 4 is 19.4 Å². The summed E-state index contributed by atoms with van der Waals surface area (Å²) >= 11 is 5.37. The van der Waals surface area contributed by atoms with E-state index >= 15 is 0 Å². The third kappa shape index (κ3) is 3.54. The highest BCUT2D eigenvalue weighted by Gasteiger charge is 2.24. The lowest BCUT2D eigenvalue weighted by atomic mass is 10.9. The minimum atomic E-state index is -3.37. The summed E-state index contributed by atoms with van der Waals surface area (Å²) in [6, 6.07) is 0. The molecule has 0 aromatic rings. The van der Waals surface area contributed by atoms with E-state index in [0.717, 1.165) is 0 Å². The van der Waals surface area contributed by atoms with E-state index in [9.17, 15) is 4.57 Å². The van der Waals surface area contributed by atoms with Crippen molar-refractivity contribution in [3.05, 3.63) is 0 Å². The highest BCUT2D eigenvalue weighted by atomic mass is 35.5. The van der Waals surface area contributed by atoms with Crippen LogP contribution in [0.5, 0.6) is 0 Å². The molecule has 0 heterocycles. The van der Waals surface area contributed by atoms with Crippen molar-refractivity contribution in [3.8, 4) is 0 Å². The lowest BCUT2D eigenvalue weighted by Gasteiger charge is -2.13. The Labute approximate surface area is 65.0 Å². The number of alkyl halides is 1. The first-order valence-electron chi connectivity index (χ1n) is 2.58. The Hall–Kier alpha value is 0.400. The van der Waals surface area contributed by atoms with Gasteiger partial charge in [0.05, 0.1) is 0 Å². The normalized spacial score (nSPS) is 15.2. The van der Waals surface area contributed by atoms with Crippen LogP contribution in [0.2, 0.25) is 0 Å². The van der Waals surface area contributed by atoms with E-state index < -0.39 is 13.4 Å². The molecule has 0 bridgehead atoms. The molecule has 0 rings (SSSR count). The summed E-state index contributed by atoms with van der Waals surface area (Å²) in [4.78, 5) is 0. The molecule has 0 spiro atoms. The molecule has 0 aliphatic heterocycles. The van der Waals surface area contributed by atoms with Crippen molar-refractivity contribution in [1.82, 2.24) is 0 Å². The van der Waals surface area contributed by atoms with Crippen LogP contribution in [0.3, 0.4) is 0 Å². The monoisotopic (exact) mass is 188 g/mol. The molecular weight excluding hydrogens is 178 g/mol. The van der Waals surface area contributed by atoms with E-state index in [1.807, 2.05) is 0 Å². The molecule has 10 heavy (non-hydrogen) atoms. The first-order valence-corrected chi connectivity index (χ1v) is 4.48. The van der Waals surface area contributed by atoms with E-state index in [1.165, 1.54) is 21.1 Å². The van der Waals surface area contributed by atoms with E-state index in [2.05, 4.69) is 13.6 Å². The average Bonchev–Trinajstić information content (AvgIpc) is 1.87. The minimum Gasteiger partial charge on any atom is -0.290 e. The number of phosphoric ester groups is 1. The summed E-state index contributed by atoms with van der Waals surface area (Å²) in [5, 5.41) is 0. The molecule has 0 amide bonds. The Kier molecular flexibility index (Phi) is 4.49. The number of rotatable bonds is 4. The van der Waals surface area contributed by atoms with Crippen LogP contribution in [0.1, 0.15) is 6.92 Å². The predicted molar refractivity (Wildman–Crippen MR) is 38.0 cm³/mol. The van der Waals surface area contributed by atoms with Crippen molar-refractivity contribution in [2.75, 3.05) is 14.2 Å². The Morgan fingerprint density at radius 3 is 1.90 bits per heavy atom. The topological polar surface area (TPSA) is 44.8 Å². The predicted octanol–water partition coefficient (Wildman–Crippen LogP) is 1.99. The molecule has 0 N–H and O–H groups in total. The van der Waals surface area contributed by atoms with Gasteiger partial charge >= 0.3 is 7.82 Å². The number of hydrogen-bond acceptors (Lipinski definition) is 4. The Balaban J connectivity index is 3.94. The zero-order valence-electron chi connectivity index (χ0n) is 6.04. The van der Waals surface area contributed by atoms with Crippen molar-refractivity contribution in [3.63, 3.8) is 0 Å². The Bertz CT molecular complexity index is 129. The molecule has 0 aromatic heterocycles. The molecule has 1 unspecified atom stereocenters. The molecule has 0 radical (unpaired) electrons. The second-order valence-corrected chi connectivity index (χ2v) is 3.91. The van der Waals surface area contributed by atoms with Crippen LogP contribution in [0, 0.1) is 0 Å². The van der Waals surface area contributed by atoms with Crippen LogP contribution < -0.4 is 0 Å². The zero-order chi connectivity index (χ0) is 8.20. The summed E-state index contributed by atoms with van der Waals surface area (Å²) in [5.41, 5.74) is -0.689. The molecule has 0 saturated heterocycles. The molecule has 0 fully saturated rings. The second kappa shape index (κ2) is 4.31. The maximum atomic E-state index is 11.0. The van der Waals surface area contributed by atoms with E-state index in [-0.39, 0.29) is 0 Å². The largest absolute Gasteiger partial charge is 0.475 e. The molecule has 62 valence electrons. The maximum absolute atomic E-state index is 11.0. The lowest BCUT2D eigenvalue weighted by molar-refractivity contribution is 0.145. The van der Waals surface area contributed by atoms with Gasteiger partial charge < -0.3 is 0 Å². The van der Waals surface area contributed by atoms with Gasteiger partial charge in [-0.05, 0) is 6.92 Å². The van der Waals surface area contributed by atoms with Crippen LogP contribution in [-0.4, -0.2) is 19.8 Å². The molecule has 0 saturated carbocycles. The third-order valence-corrected chi connectivity index (χ3v) is 2.40. The zero-order valence-corrected chi connectivity index (χ0v) is 7.69. The molecule has 0 aliphatic carbocycles. The smallest absolute Gasteiger partial charge is 0.290 e. The molecule has 1 atom stereocenters. The van der Waals surface area contributed by atoms with Crippen LogP contribution in [0.25, 0.3) is 0 Å². The minimum absolute atomic E-state index is 0.689. The lowest BCUT2D eigenvalue weighted by Crippen LogP contribution is -2.00. The fourth-order valence-electron chi connectivity index (χ4n) is 0.338. The van der Waals surface area contributed by atoms with Crippen LogP contribution in [-0.2, 0) is 18.1 Å². The van der Waals surface area contributed by atoms with E-state index in [1.54, 1.807) is 0 Å². The van der Waals surface area contributed by atoms with Crippen LogP contribution in [0.15, 0.2) is 0 Å². The summed E-state index contributed by atoms with van der Waals surface area (Å²) < 4.78 is 24.5. The van der Waals surface area contributed by atoms with Gasteiger partial charge in [-0.2, -0.15) is 0 Å².